The molecule has 202 valence electrons. The summed E-state index contributed by atoms with van der Waals surface area (Å²) >= 11 is 5.32. The molecule has 4 atom stereocenters. The van der Waals surface area contributed by atoms with E-state index in [1.54, 1.807) is 0 Å². The lowest BCUT2D eigenvalue weighted by atomic mass is 10.00. The molecule has 0 aromatic rings. The molecule has 0 heterocycles. The van der Waals surface area contributed by atoms with Crippen molar-refractivity contribution in [1.82, 2.24) is 16.0 Å². The second kappa shape index (κ2) is 15.4. The number of carbonyl (C=O) groups is 8. The number of hydrogen-bond acceptors (Lipinski definition) is 9. The van der Waals surface area contributed by atoms with Gasteiger partial charge in [0.05, 0.1) is 24.8 Å². The Hall–Kier alpha value is -3.59. The minimum Gasteiger partial charge on any atom is -0.481 e. The lowest BCUT2D eigenvalue weighted by Gasteiger charge is -2.27. The maximum Gasteiger partial charge on any atom is 0.305 e. The molecule has 0 fully saturated rings. The number of alkyl halides is 1. The van der Waals surface area contributed by atoms with Crippen molar-refractivity contribution < 1.29 is 53.7 Å². The van der Waals surface area contributed by atoms with Crippen LogP contribution in [0.5, 0.6) is 0 Å². The van der Waals surface area contributed by atoms with Gasteiger partial charge in [-0.25, -0.2) is 0 Å². The van der Waals surface area contributed by atoms with E-state index in [0.29, 0.717) is 0 Å². The van der Waals surface area contributed by atoms with Gasteiger partial charge in [-0.15, -0.1) is 11.6 Å². The number of halogens is 1. The molecule has 0 spiro atoms. The van der Waals surface area contributed by atoms with E-state index >= 15 is 0 Å². The third-order valence-electron chi connectivity index (χ3n) is 4.67. The average Bonchev–Trinajstić information content (AvgIpc) is 2.76. The van der Waals surface area contributed by atoms with E-state index in [1.807, 2.05) is 0 Å². The number of nitrogens with two attached hydrogens (primary N) is 1. The lowest BCUT2D eigenvalue weighted by molar-refractivity contribution is -0.143. The molecule has 0 aromatic carbocycles. The Kier molecular flexibility index (Phi) is 13.9. The highest BCUT2D eigenvalue weighted by atomic mass is 35.5. The summed E-state index contributed by atoms with van der Waals surface area (Å²) in [6.45, 7) is 2.96. The van der Waals surface area contributed by atoms with Crippen molar-refractivity contribution in [2.75, 3.05) is 5.88 Å². The number of aliphatic carboxylic acids is 3. The highest BCUT2D eigenvalue weighted by Gasteiger charge is 2.34. The maximum absolute atomic E-state index is 12.8. The molecule has 15 nitrogen and oxygen atoms in total. The van der Waals surface area contributed by atoms with Gasteiger partial charge >= 0.3 is 17.9 Å². The summed E-state index contributed by atoms with van der Waals surface area (Å²) in [5.41, 5.74) is 5.46. The van der Waals surface area contributed by atoms with E-state index < -0.39 is 109 Å². The zero-order valence-electron chi connectivity index (χ0n) is 19.5. The van der Waals surface area contributed by atoms with Crippen LogP contribution in [0.1, 0.15) is 39.5 Å². The number of rotatable bonds is 17. The fraction of sp³-hybridized carbons (Fsp3) is 0.600. The largest absolute Gasteiger partial charge is 0.481 e. The Balaban J connectivity index is 5.71. The van der Waals surface area contributed by atoms with Crippen LogP contribution < -0.4 is 21.7 Å². The molecule has 0 rings (SSSR count). The molecule has 16 heteroatoms. The van der Waals surface area contributed by atoms with Crippen LogP contribution in [0.2, 0.25) is 0 Å². The van der Waals surface area contributed by atoms with E-state index in [0.717, 1.165) is 0 Å². The van der Waals surface area contributed by atoms with Crippen LogP contribution in [-0.2, 0) is 38.4 Å². The summed E-state index contributed by atoms with van der Waals surface area (Å²) in [6, 6.07) is -6.26. The Labute approximate surface area is 210 Å². The average molecular weight is 537 g/mol. The van der Waals surface area contributed by atoms with Crippen LogP contribution in [-0.4, -0.2) is 92.6 Å². The lowest BCUT2D eigenvalue weighted by Crippen LogP contribution is -2.59. The molecule has 3 amide bonds. The molecule has 8 N–H and O–H groups in total. The van der Waals surface area contributed by atoms with Crippen molar-refractivity contribution in [2.45, 2.75) is 63.7 Å². The number of hydrogen-bond donors (Lipinski definition) is 7. The summed E-state index contributed by atoms with van der Waals surface area (Å²) in [4.78, 5) is 94.3. The number of nitrogens with one attached hydrogen (secondary N) is 3. The Morgan fingerprint density at radius 3 is 1.72 bits per heavy atom. The van der Waals surface area contributed by atoms with Gasteiger partial charge in [-0.1, -0.05) is 13.8 Å². The quantitative estimate of drug-likeness (QED) is 0.0758. The molecule has 0 saturated carbocycles. The Morgan fingerprint density at radius 1 is 0.750 bits per heavy atom. The maximum atomic E-state index is 12.8. The van der Waals surface area contributed by atoms with Gasteiger partial charge in [0.1, 0.15) is 18.1 Å². The number of carboxylic acid groups (broad SMARTS) is 3. The third kappa shape index (κ3) is 11.7. The third-order valence-corrected chi connectivity index (χ3v) is 4.91. The first kappa shape index (κ1) is 32.4. The van der Waals surface area contributed by atoms with E-state index in [1.165, 1.54) is 13.8 Å². The molecular weight excluding hydrogens is 508 g/mol. The Bertz CT molecular complexity index is 893. The zero-order valence-corrected chi connectivity index (χ0v) is 20.2. The van der Waals surface area contributed by atoms with Crippen molar-refractivity contribution in [3.8, 4) is 0 Å². The van der Waals surface area contributed by atoms with Crippen molar-refractivity contribution in [3.05, 3.63) is 0 Å². The summed E-state index contributed by atoms with van der Waals surface area (Å²) in [6.07, 6.45) is -2.73. The van der Waals surface area contributed by atoms with Gasteiger partial charge in [-0.05, 0) is 12.3 Å². The highest BCUT2D eigenvalue weighted by molar-refractivity contribution is 6.48. The van der Waals surface area contributed by atoms with Gasteiger partial charge in [-0.2, -0.15) is 0 Å². The summed E-state index contributed by atoms with van der Waals surface area (Å²) in [5, 5.41) is 33.2. The standard InChI is InChI=1S/C20H29ClN4O11/c1-8(2)16(20(36)24-11(6-15(31)32)17(33)12(26)7-21)25-19(35)10(3-4-13(27)28)23-18(34)9(22)5-14(29)30/h8-11,16H,3-7,22H2,1-2H3,(H,23,34)(H,24,36)(H,25,35)(H,27,28)(H,29,30)(H,31,32)/t9-,10-,11-,16-/m0/s1. The molecule has 0 aliphatic heterocycles. The summed E-state index contributed by atoms with van der Waals surface area (Å²) in [7, 11) is 0. The molecule has 0 aliphatic rings. The van der Waals surface area contributed by atoms with E-state index in [4.69, 9.17) is 32.7 Å². The number of carbonyl (C=O) groups excluding carboxylic acids is 5. The first-order chi connectivity index (χ1) is 16.6. The predicted molar refractivity (Wildman–Crippen MR) is 121 cm³/mol. The van der Waals surface area contributed by atoms with E-state index in [9.17, 15) is 38.4 Å². The molecule has 0 aromatic heterocycles. The van der Waals surface area contributed by atoms with Gasteiger partial charge in [0.15, 0.2) is 0 Å². The molecule has 0 unspecified atom stereocenters. The second-order valence-corrected chi connectivity index (χ2v) is 8.28. The van der Waals surface area contributed by atoms with Crippen LogP contribution in [0.3, 0.4) is 0 Å². The van der Waals surface area contributed by atoms with Crippen molar-refractivity contribution in [2.24, 2.45) is 11.7 Å². The SMILES string of the molecule is CC(C)[C@H](NC(=O)[C@H](CCC(=O)O)NC(=O)[C@@H](N)CC(=O)O)C(=O)N[C@@H](CC(=O)O)C(=O)C(=O)CCl. The number of amides is 3. The fourth-order valence-electron chi connectivity index (χ4n) is 2.79. The molecule has 0 bridgehead atoms. The fourth-order valence-corrected chi connectivity index (χ4v) is 2.92. The van der Waals surface area contributed by atoms with Crippen molar-refractivity contribution >= 4 is 58.8 Å². The van der Waals surface area contributed by atoms with Crippen LogP contribution in [0.15, 0.2) is 0 Å². The number of carboxylic acids is 3. The van der Waals surface area contributed by atoms with Gasteiger partial charge in [0, 0.05) is 6.42 Å². The first-order valence-corrected chi connectivity index (χ1v) is 11.1. The predicted octanol–water partition coefficient (Wildman–Crippen LogP) is -2.38. The minimum atomic E-state index is -1.77. The topological polar surface area (TPSA) is 259 Å². The Morgan fingerprint density at radius 2 is 1.28 bits per heavy atom. The van der Waals surface area contributed by atoms with Crippen LogP contribution >= 0.6 is 11.6 Å². The molecule has 36 heavy (non-hydrogen) atoms. The van der Waals surface area contributed by atoms with E-state index in [2.05, 4.69) is 16.0 Å². The van der Waals surface area contributed by atoms with Crippen molar-refractivity contribution in [3.63, 3.8) is 0 Å². The smallest absolute Gasteiger partial charge is 0.305 e. The van der Waals surface area contributed by atoms with Gasteiger partial charge in [0.25, 0.3) is 0 Å². The van der Waals surface area contributed by atoms with Gasteiger partial charge in [-0.3, -0.25) is 38.4 Å². The van der Waals surface area contributed by atoms with Gasteiger partial charge in [0.2, 0.25) is 29.3 Å². The van der Waals surface area contributed by atoms with Crippen LogP contribution in [0.4, 0.5) is 0 Å². The van der Waals surface area contributed by atoms with Crippen molar-refractivity contribution in [1.29, 1.82) is 0 Å². The minimum absolute atomic E-state index is 0.441. The van der Waals surface area contributed by atoms with Crippen LogP contribution in [0, 0.1) is 5.92 Å². The van der Waals surface area contributed by atoms with E-state index in [-0.39, 0.29) is 0 Å². The molecule has 0 saturated heterocycles. The number of Topliss-reactive ketones (excluding diaryl/α,β-unsaturated/α-hetero) is 2. The first-order valence-electron chi connectivity index (χ1n) is 10.6. The second-order valence-electron chi connectivity index (χ2n) is 8.01. The normalized spacial score (nSPS) is 14.0. The van der Waals surface area contributed by atoms with Gasteiger partial charge < -0.3 is 37.0 Å². The monoisotopic (exact) mass is 536 g/mol. The molecular formula is C20H29ClN4O11. The summed E-state index contributed by atoms with van der Waals surface area (Å²) in [5.74, 6) is -11.1. The molecule has 0 aliphatic carbocycles. The summed E-state index contributed by atoms with van der Waals surface area (Å²) < 4.78 is 0. The molecule has 0 radical (unpaired) electrons. The zero-order chi connectivity index (χ0) is 28.2. The van der Waals surface area contributed by atoms with Crippen LogP contribution in [0.25, 0.3) is 0 Å². The number of ketones is 2. The highest BCUT2D eigenvalue weighted by Crippen LogP contribution is 2.08.